The second-order valence-electron chi connectivity index (χ2n) is 9.19. The van der Waals surface area contributed by atoms with E-state index in [1.54, 1.807) is 12.4 Å². The van der Waals surface area contributed by atoms with E-state index in [0.29, 0.717) is 38.2 Å². The van der Waals surface area contributed by atoms with Gasteiger partial charge in [-0.1, -0.05) is 0 Å². The van der Waals surface area contributed by atoms with Crippen LogP contribution in [0.2, 0.25) is 0 Å². The number of amides is 1. The van der Waals surface area contributed by atoms with Gasteiger partial charge < -0.3 is 30.3 Å². The number of hydrogen-bond donors (Lipinski definition) is 2. The molecular weight excluding hydrogens is 412 g/mol. The third kappa shape index (κ3) is 2.87. The van der Waals surface area contributed by atoms with E-state index >= 15 is 0 Å². The lowest BCUT2D eigenvalue weighted by Crippen LogP contribution is -2.45. The minimum atomic E-state index is -0.846. The van der Waals surface area contributed by atoms with E-state index in [0.717, 1.165) is 48.6 Å². The minimum Gasteiger partial charge on any atom is -0.465 e. The van der Waals surface area contributed by atoms with Crippen LogP contribution >= 0.6 is 0 Å². The van der Waals surface area contributed by atoms with Gasteiger partial charge in [-0.25, -0.2) is 19.7 Å². The van der Waals surface area contributed by atoms with Crippen molar-refractivity contribution in [2.75, 3.05) is 54.9 Å². The summed E-state index contributed by atoms with van der Waals surface area (Å²) >= 11 is 0. The molecule has 5 heterocycles. The highest BCUT2D eigenvalue weighted by molar-refractivity contribution is 5.74. The maximum Gasteiger partial charge on any atom is 0.407 e. The molecule has 0 aromatic carbocycles. The zero-order valence-electron chi connectivity index (χ0n) is 17.9. The zero-order chi connectivity index (χ0) is 22.0. The summed E-state index contributed by atoms with van der Waals surface area (Å²) in [6.07, 6.45) is 4.38. The van der Waals surface area contributed by atoms with Crippen molar-refractivity contribution >= 4 is 23.8 Å². The monoisotopic (exact) mass is 438 g/mol. The number of aromatic nitrogens is 4. The van der Waals surface area contributed by atoms with Crippen LogP contribution in [0.25, 0.3) is 11.3 Å². The van der Waals surface area contributed by atoms with Crippen LogP contribution in [0.4, 0.5) is 22.5 Å². The number of likely N-dealkylation sites (tertiary alicyclic amines) is 1. The lowest BCUT2D eigenvalue weighted by molar-refractivity contribution is 0.0981. The highest BCUT2D eigenvalue weighted by Gasteiger charge is 2.65. The normalized spacial score (nSPS) is 28.6. The Bertz CT molecular complexity index is 1080. The van der Waals surface area contributed by atoms with Crippen LogP contribution in [0, 0.1) is 5.92 Å². The van der Waals surface area contributed by atoms with Gasteiger partial charge in [-0.15, -0.1) is 0 Å². The number of ether oxygens (including phenoxy) is 1. The molecule has 1 amide bonds. The van der Waals surface area contributed by atoms with Gasteiger partial charge in [-0.3, -0.25) is 0 Å². The second-order valence-corrected chi connectivity index (χ2v) is 9.19. The quantitative estimate of drug-likeness (QED) is 0.710. The van der Waals surface area contributed by atoms with Gasteiger partial charge in [0.05, 0.1) is 30.5 Å². The number of carboxylic acid groups (broad SMARTS) is 1. The summed E-state index contributed by atoms with van der Waals surface area (Å²) in [5, 5.41) is 9.50. The third-order valence-electron chi connectivity index (χ3n) is 7.30. The summed E-state index contributed by atoms with van der Waals surface area (Å²) in [6, 6.07) is 0.160. The van der Waals surface area contributed by atoms with Crippen molar-refractivity contribution in [3.63, 3.8) is 0 Å². The van der Waals surface area contributed by atoms with Crippen molar-refractivity contribution in [1.29, 1.82) is 0 Å². The molecule has 0 unspecified atom stereocenters. The number of anilines is 3. The van der Waals surface area contributed by atoms with Gasteiger partial charge in [0.1, 0.15) is 5.82 Å². The second kappa shape index (κ2) is 6.89. The Morgan fingerprint density at radius 3 is 2.81 bits per heavy atom. The van der Waals surface area contributed by atoms with Crippen molar-refractivity contribution in [2.24, 2.45) is 5.92 Å². The predicted molar refractivity (Wildman–Crippen MR) is 117 cm³/mol. The van der Waals surface area contributed by atoms with Crippen LogP contribution in [0.15, 0.2) is 12.4 Å². The van der Waals surface area contributed by atoms with E-state index < -0.39 is 6.09 Å². The van der Waals surface area contributed by atoms with E-state index in [1.807, 2.05) is 0 Å². The van der Waals surface area contributed by atoms with Crippen LogP contribution in [0.3, 0.4) is 0 Å². The Hall–Kier alpha value is -3.21. The predicted octanol–water partition coefficient (Wildman–Crippen LogP) is 0.856. The van der Waals surface area contributed by atoms with Crippen LogP contribution in [0.1, 0.15) is 18.9 Å². The fraction of sp³-hybridized carbons (Fsp3) is 0.571. The molecule has 32 heavy (non-hydrogen) atoms. The van der Waals surface area contributed by atoms with Gasteiger partial charge in [0.15, 0.2) is 0 Å². The first-order valence-corrected chi connectivity index (χ1v) is 11.0. The number of nitrogens with two attached hydrogens (primary N) is 1. The number of nitrogen functional groups attached to an aromatic ring is 1. The highest BCUT2D eigenvalue weighted by Crippen LogP contribution is 2.57. The fourth-order valence-electron chi connectivity index (χ4n) is 5.55. The summed E-state index contributed by atoms with van der Waals surface area (Å²) in [5.41, 5.74) is 8.26. The summed E-state index contributed by atoms with van der Waals surface area (Å²) < 4.78 is 5.61. The molecule has 2 aromatic heterocycles. The van der Waals surface area contributed by atoms with Crippen molar-refractivity contribution in [3.05, 3.63) is 18.0 Å². The first-order valence-electron chi connectivity index (χ1n) is 11.0. The number of fused-ring (bicyclic) bond motifs is 2. The summed E-state index contributed by atoms with van der Waals surface area (Å²) in [6.45, 7) is 6.02. The van der Waals surface area contributed by atoms with Gasteiger partial charge in [-0.2, -0.15) is 4.98 Å². The van der Waals surface area contributed by atoms with Crippen LogP contribution < -0.4 is 15.5 Å². The number of hydrogen-bond acceptors (Lipinski definition) is 9. The van der Waals surface area contributed by atoms with Crippen LogP contribution in [-0.2, 0) is 11.2 Å². The van der Waals surface area contributed by atoms with E-state index in [-0.39, 0.29) is 17.5 Å². The molecule has 3 N–H and O–H groups in total. The molecule has 168 valence electrons. The average Bonchev–Trinajstić information content (AvgIpc) is 3.13. The number of rotatable bonds is 3. The molecule has 1 saturated carbocycles. The molecule has 3 fully saturated rings. The number of piperidine rings is 1. The average molecular weight is 438 g/mol. The van der Waals surface area contributed by atoms with Crippen LogP contribution in [-0.4, -0.2) is 87.0 Å². The lowest BCUT2D eigenvalue weighted by atomic mass is 10.1. The van der Waals surface area contributed by atoms with E-state index in [9.17, 15) is 9.90 Å². The van der Waals surface area contributed by atoms with Gasteiger partial charge in [-0.05, 0) is 19.8 Å². The maximum atomic E-state index is 11.6. The Morgan fingerprint density at radius 2 is 2.09 bits per heavy atom. The topological polar surface area (TPSA) is 134 Å². The summed E-state index contributed by atoms with van der Waals surface area (Å²) in [7, 11) is 0. The third-order valence-corrected chi connectivity index (χ3v) is 7.30. The van der Waals surface area contributed by atoms with Crippen molar-refractivity contribution in [3.8, 4) is 11.3 Å². The lowest BCUT2D eigenvalue weighted by Gasteiger charge is -2.35. The largest absolute Gasteiger partial charge is 0.465 e. The zero-order valence-corrected chi connectivity index (χ0v) is 17.9. The van der Waals surface area contributed by atoms with Crippen molar-refractivity contribution < 1.29 is 14.6 Å². The molecule has 0 spiro atoms. The smallest absolute Gasteiger partial charge is 0.407 e. The highest BCUT2D eigenvalue weighted by atomic mass is 16.5. The molecule has 4 aliphatic rings. The molecule has 0 radical (unpaired) electrons. The molecule has 3 atom stereocenters. The molecule has 11 heteroatoms. The molecule has 11 nitrogen and oxygen atoms in total. The Balaban J connectivity index is 1.44. The van der Waals surface area contributed by atoms with E-state index in [2.05, 4.69) is 26.7 Å². The summed E-state index contributed by atoms with van der Waals surface area (Å²) in [5.74, 6) is 2.16. The first kappa shape index (κ1) is 19.5. The standard InChI is InChI=1S/C21H26N8O3/c1-12-10-32-5-4-28(12)19-25-16(13-7-23-18(22)24-8-13)15-2-3-29(17(15)26-19)21-6-14(21)9-27(11-21)20(30)31/h7-8,12,14H,2-6,9-11H2,1H3,(H,30,31)(H2,22,23,24)/t12-,14+,21+/m0/s1. The Morgan fingerprint density at radius 1 is 1.28 bits per heavy atom. The molecule has 2 aromatic rings. The maximum absolute atomic E-state index is 11.6. The number of nitrogens with zero attached hydrogens (tertiary/aromatic N) is 7. The van der Waals surface area contributed by atoms with Crippen molar-refractivity contribution in [1.82, 2.24) is 24.8 Å². The molecule has 1 aliphatic carbocycles. The van der Waals surface area contributed by atoms with Gasteiger partial charge in [0.2, 0.25) is 11.9 Å². The van der Waals surface area contributed by atoms with E-state index in [4.69, 9.17) is 20.4 Å². The minimum absolute atomic E-state index is 0.152. The van der Waals surface area contributed by atoms with Gasteiger partial charge >= 0.3 is 6.09 Å². The molecule has 6 rings (SSSR count). The molecular formula is C21H26N8O3. The van der Waals surface area contributed by atoms with Crippen molar-refractivity contribution in [2.45, 2.75) is 31.3 Å². The molecule has 0 bridgehead atoms. The summed E-state index contributed by atoms with van der Waals surface area (Å²) in [4.78, 5) is 36.0. The van der Waals surface area contributed by atoms with E-state index in [1.165, 1.54) is 4.90 Å². The SMILES string of the molecule is C[C@H]1COCCN1c1nc(-c2cnc(N)nc2)c2c(n1)N([C@@]13C[C@@H]1CN(C(=O)O)C3)CC2. The number of morpholine rings is 1. The van der Waals surface area contributed by atoms with Crippen LogP contribution in [0.5, 0.6) is 0 Å². The molecule has 2 saturated heterocycles. The number of carbonyl (C=O) groups is 1. The first-order chi connectivity index (χ1) is 15.5. The Labute approximate surface area is 185 Å². The van der Waals surface area contributed by atoms with Gasteiger partial charge in [0, 0.05) is 55.6 Å². The Kier molecular flexibility index (Phi) is 4.19. The van der Waals surface area contributed by atoms with Gasteiger partial charge in [0.25, 0.3) is 0 Å². The fourth-order valence-corrected chi connectivity index (χ4v) is 5.55. The molecule has 3 aliphatic heterocycles.